The van der Waals surface area contributed by atoms with E-state index in [0.29, 0.717) is 10.9 Å². The van der Waals surface area contributed by atoms with E-state index in [1.165, 1.54) is 46.3 Å². The van der Waals surface area contributed by atoms with Crippen LogP contribution in [0.5, 0.6) is 11.5 Å². The zero-order chi connectivity index (χ0) is 22.5. The number of carbonyl (C=O) groups excluding carboxylic acids is 2. The molecule has 31 heavy (non-hydrogen) atoms. The van der Waals surface area contributed by atoms with Crippen molar-refractivity contribution in [3.63, 3.8) is 0 Å². The van der Waals surface area contributed by atoms with Crippen LogP contribution in [0.2, 0.25) is 0 Å². The first-order valence-electron chi connectivity index (χ1n) is 9.50. The minimum absolute atomic E-state index is 0.174. The van der Waals surface area contributed by atoms with Crippen molar-refractivity contribution in [2.45, 2.75) is 26.1 Å². The average molecular weight is 426 g/mol. The van der Waals surface area contributed by atoms with E-state index >= 15 is 0 Å². The normalized spacial score (nSPS) is 12.6. The third kappa shape index (κ3) is 4.85. The van der Waals surface area contributed by atoms with E-state index in [1.807, 2.05) is 30.3 Å². The average Bonchev–Trinajstić information content (AvgIpc) is 2.77. The first-order valence-corrected chi connectivity index (χ1v) is 9.50. The van der Waals surface area contributed by atoms with Crippen LogP contribution in [0.25, 0.3) is 22.1 Å². The number of ether oxygens (including phenoxy) is 4. The molecule has 0 saturated carbocycles. The summed E-state index contributed by atoms with van der Waals surface area (Å²) in [6.45, 7) is 3.05. The fraction of sp³-hybridized carbons (Fsp3) is 0.261. The Hall–Kier alpha value is -3.81. The zero-order valence-corrected chi connectivity index (χ0v) is 17.5. The fourth-order valence-corrected chi connectivity index (χ4v) is 3.07. The molecule has 0 fully saturated rings. The third-order valence-electron chi connectivity index (χ3n) is 4.55. The van der Waals surface area contributed by atoms with Crippen LogP contribution in [-0.4, -0.2) is 38.4 Å². The molecular weight excluding hydrogens is 404 g/mol. The van der Waals surface area contributed by atoms with E-state index in [1.54, 1.807) is 0 Å². The highest BCUT2D eigenvalue weighted by molar-refractivity contribution is 5.98. The van der Waals surface area contributed by atoms with Crippen LogP contribution in [0, 0.1) is 0 Å². The Morgan fingerprint density at radius 3 is 2.10 bits per heavy atom. The molecule has 0 aliphatic rings. The molecule has 2 aromatic carbocycles. The Morgan fingerprint density at radius 1 is 0.871 bits per heavy atom. The summed E-state index contributed by atoms with van der Waals surface area (Å²) in [6.07, 6.45) is -1.87. The van der Waals surface area contributed by atoms with Crippen LogP contribution >= 0.6 is 0 Å². The van der Waals surface area contributed by atoms with Gasteiger partial charge in [-0.3, -0.25) is 0 Å². The standard InChI is InChI=1S/C23H22O8/c1-13(22(25)27-3)29-16-10-18(30-14(2)23(26)28-4)21-17(15-8-6-5-7-9-15)12-20(24)31-19(21)11-16/h5-14H,1-4H3/t13-,14-/m0/s1. The van der Waals surface area contributed by atoms with Gasteiger partial charge in [-0.15, -0.1) is 0 Å². The first-order chi connectivity index (χ1) is 14.8. The van der Waals surface area contributed by atoms with Crippen molar-refractivity contribution in [1.82, 2.24) is 0 Å². The number of methoxy groups -OCH3 is 2. The lowest BCUT2D eigenvalue weighted by molar-refractivity contribution is -0.148. The molecular formula is C23H22O8. The maximum atomic E-state index is 12.3. The van der Waals surface area contributed by atoms with E-state index < -0.39 is 29.8 Å². The largest absolute Gasteiger partial charge is 0.479 e. The highest BCUT2D eigenvalue weighted by Crippen LogP contribution is 2.38. The summed E-state index contributed by atoms with van der Waals surface area (Å²) in [4.78, 5) is 35.9. The molecule has 0 unspecified atom stereocenters. The summed E-state index contributed by atoms with van der Waals surface area (Å²) in [6, 6.07) is 13.6. The SMILES string of the molecule is COC(=O)[C@H](C)Oc1cc(O[C@@H](C)C(=O)OC)c2c(-c3ccccc3)cc(=O)oc2c1. The van der Waals surface area contributed by atoms with E-state index in [4.69, 9.17) is 18.6 Å². The monoisotopic (exact) mass is 426 g/mol. The molecule has 3 aromatic rings. The molecule has 8 nitrogen and oxygen atoms in total. The van der Waals surface area contributed by atoms with Gasteiger partial charge in [0, 0.05) is 23.8 Å². The predicted octanol–water partition coefficient (Wildman–Crippen LogP) is 3.34. The molecule has 0 radical (unpaired) electrons. The smallest absolute Gasteiger partial charge is 0.346 e. The number of hydrogen-bond donors (Lipinski definition) is 0. The Labute approximate surface area is 178 Å². The van der Waals surface area contributed by atoms with Crippen LogP contribution in [0.15, 0.2) is 57.7 Å². The van der Waals surface area contributed by atoms with E-state index in [-0.39, 0.29) is 17.1 Å². The summed E-state index contributed by atoms with van der Waals surface area (Å²) in [7, 11) is 2.51. The second-order valence-electron chi connectivity index (χ2n) is 6.71. The van der Waals surface area contributed by atoms with E-state index in [2.05, 4.69) is 4.74 Å². The van der Waals surface area contributed by atoms with Gasteiger partial charge in [0.1, 0.15) is 17.1 Å². The van der Waals surface area contributed by atoms with Gasteiger partial charge in [-0.2, -0.15) is 0 Å². The lowest BCUT2D eigenvalue weighted by Gasteiger charge is -2.18. The number of rotatable bonds is 7. The molecule has 0 aliphatic heterocycles. The summed E-state index contributed by atoms with van der Waals surface area (Å²) >= 11 is 0. The zero-order valence-electron chi connectivity index (χ0n) is 17.5. The van der Waals surface area contributed by atoms with Crippen LogP contribution in [0.4, 0.5) is 0 Å². The molecule has 1 aromatic heterocycles. The predicted molar refractivity (Wildman–Crippen MR) is 112 cm³/mol. The quantitative estimate of drug-likeness (QED) is 0.419. The Bertz CT molecular complexity index is 1150. The molecule has 2 atom stereocenters. The van der Waals surface area contributed by atoms with Gasteiger partial charge in [-0.25, -0.2) is 14.4 Å². The van der Waals surface area contributed by atoms with Gasteiger partial charge in [0.05, 0.1) is 19.6 Å². The summed E-state index contributed by atoms with van der Waals surface area (Å²) < 4.78 is 26.3. The van der Waals surface area contributed by atoms with Gasteiger partial charge in [0.25, 0.3) is 0 Å². The number of carbonyl (C=O) groups is 2. The van der Waals surface area contributed by atoms with Crippen molar-refractivity contribution >= 4 is 22.9 Å². The second kappa shape index (κ2) is 9.34. The molecule has 0 amide bonds. The van der Waals surface area contributed by atoms with Gasteiger partial charge >= 0.3 is 17.6 Å². The number of esters is 2. The van der Waals surface area contributed by atoms with Crippen molar-refractivity contribution in [2.75, 3.05) is 14.2 Å². The number of hydrogen-bond acceptors (Lipinski definition) is 8. The second-order valence-corrected chi connectivity index (χ2v) is 6.71. The van der Waals surface area contributed by atoms with Crippen LogP contribution in [0.3, 0.4) is 0 Å². The van der Waals surface area contributed by atoms with Crippen molar-refractivity contribution in [3.8, 4) is 22.6 Å². The molecule has 8 heteroatoms. The van der Waals surface area contributed by atoms with E-state index in [9.17, 15) is 14.4 Å². The molecule has 1 heterocycles. The summed E-state index contributed by atoms with van der Waals surface area (Å²) in [5.41, 5.74) is 0.920. The van der Waals surface area contributed by atoms with Crippen LogP contribution in [-0.2, 0) is 19.1 Å². The molecule has 0 N–H and O–H groups in total. The highest BCUT2D eigenvalue weighted by Gasteiger charge is 2.22. The van der Waals surface area contributed by atoms with E-state index in [0.717, 1.165) is 5.56 Å². The summed E-state index contributed by atoms with van der Waals surface area (Å²) in [5, 5.41) is 0.472. The maximum absolute atomic E-state index is 12.3. The Kier molecular flexibility index (Phi) is 6.59. The summed E-state index contributed by atoms with van der Waals surface area (Å²) in [5.74, 6) is -0.734. The van der Waals surface area contributed by atoms with Crippen LogP contribution in [0.1, 0.15) is 13.8 Å². The topological polar surface area (TPSA) is 101 Å². The fourth-order valence-electron chi connectivity index (χ4n) is 3.07. The minimum Gasteiger partial charge on any atom is -0.479 e. The van der Waals surface area contributed by atoms with Crippen molar-refractivity contribution in [3.05, 3.63) is 59.0 Å². The molecule has 162 valence electrons. The van der Waals surface area contributed by atoms with Gasteiger partial charge in [-0.05, 0) is 19.4 Å². The molecule has 0 bridgehead atoms. The van der Waals surface area contributed by atoms with Crippen molar-refractivity contribution in [2.24, 2.45) is 0 Å². The van der Waals surface area contributed by atoms with Gasteiger partial charge in [0.15, 0.2) is 12.2 Å². The lowest BCUT2D eigenvalue weighted by Crippen LogP contribution is -2.26. The minimum atomic E-state index is -0.947. The third-order valence-corrected chi connectivity index (χ3v) is 4.55. The van der Waals surface area contributed by atoms with Gasteiger partial charge in [0.2, 0.25) is 0 Å². The highest BCUT2D eigenvalue weighted by atomic mass is 16.6. The molecule has 0 aliphatic carbocycles. The van der Waals surface area contributed by atoms with Gasteiger partial charge < -0.3 is 23.4 Å². The maximum Gasteiger partial charge on any atom is 0.346 e. The number of benzene rings is 2. The lowest BCUT2D eigenvalue weighted by atomic mass is 10.0. The van der Waals surface area contributed by atoms with Crippen molar-refractivity contribution < 1.29 is 33.0 Å². The Morgan fingerprint density at radius 2 is 1.48 bits per heavy atom. The first kappa shape index (κ1) is 21.9. The van der Waals surface area contributed by atoms with Gasteiger partial charge in [-0.1, -0.05) is 30.3 Å². The Balaban J connectivity index is 2.21. The van der Waals surface area contributed by atoms with Crippen LogP contribution < -0.4 is 15.1 Å². The molecule has 0 spiro atoms. The number of fused-ring (bicyclic) bond motifs is 1. The van der Waals surface area contributed by atoms with Crippen molar-refractivity contribution in [1.29, 1.82) is 0 Å². The molecule has 0 saturated heterocycles. The molecule has 3 rings (SSSR count).